The number of methoxy groups -OCH3 is 2. The van der Waals surface area contributed by atoms with E-state index < -0.39 is 46.0 Å². The third kappa shape index (κ3) is 5.18. The zero-order valence-electron chi connectivity index (χ0n) is 19.4. The van der Waals surface area contributed by atoms with Gasteiger partial charge in [-0.15, -0.1) is 0 Å². The molecule has 2 aromatic carbocycles. The van der Waals surface area contributed by atoms with Crippen LogP contribution in [0, 0.1) is 17.6 Å². The molecule has 0 saturated carbocycles. The molecule has 0 bridgehead atoms. The first-order valence-electron chi connectivity index (χ1n) is 10.9. The van der Waals surface area contributed by atoms with Crippen LogP contribution in [0.3, 0.4) is 0 Å². The van der Waals surface area contributed by atoms with E-state index in [0.717, 1.165) is 17.4 Å². The molecule has 36 heavy (non-hydrogen) atoms. The van der Waals surface area contributed by atoms with E-state index in [0.29, 0.717) is 11.8 Å². The van der Waals surface area contributed by atoms with Crippen LogP contribution >= 0.6 is 11.3 Å². The number of benzene rings is 2. The van der Waals surface area contributed by atoms with Crippen molar-refractivity contribution >= 4 is 43.5 Å². The zero-order valence-corrected chi connectivity index (χ0v) is 21.1. The largest absolute Gasteiger partial charge is 0.497 e. The fourth-order valence-corrected chi connectivity index (χ4v) is 6.52. The number of esters is 1. The smallest absolute Gasteiger partial charge is 0.325 e. The Morgan fingerprint density at radius 2 is 1.78 bits per heavy atom. The minimum absolute atomic E-state index is 0.0261. The van der Waals surface area contributed by atoms with E-state index in [9.17, 15) is 26.8 Å². The lowest BCUT2D eigenvalue weighted by molar-refractivity contribution is -0.141. The summed E-state index contributed by atoms with van der Waals surface area (Å²) < 4.78 is 66.5. The summed E-state index contributed by atoms with van der Waals surface area (Å²) in [6, 6.07) is 7.83. The van der Waals surface area contributed by atoms with E-state index in [1.165, 1.54) is 35.2 Å². The predicted octanol–water partition coefficient (Wildman–Crippen LogP) is 2.69. The number of carbonyl (C=O) groups excluding carboxylic acids is 2. The second kappa shape index (κ2) is 10.4. The standard InChI is InChI=1S/C23H23F2N3O6S2/c1-33-16-3-5-17(6-4-16)36(31,32)27-9-7-14(8-10-27)22(30)26-23-28(13-20(29)34-2)21-18(25)11-15(24)12-19(21)35-23/h3-6,11-12,14H,7-10,13H2,1-2H3. The van der Waals surface area contributed by atoms with E-state index in [2.05, 4.69) is 9.73 Å². The molecule has 1 aliphatic rings. The van der Waals surface area contributed by atoms with Crippen LogP contribution in [0.15, 0.2) is 46.3 Å². The average molecular weight is 540 g/mol. The Bertz CT molecular complexity index is 1470. The topological polar surface area (TPSA) is 107 Å². The van der Waals surface area contributed by atoms with E-state index in [-0.39, 0.29) is 45.8 Å². The maximum absolute atomic E-state index is 14.5. The highest BCUT2D eigenvalue weighted by Crippen LogP contribution is 2.26. The van der Waals surface area contributed by atoms with Crippen molar-refractivity contribution in [2.75, 3.05) is 27.3 Å². The third-order valence-corrected chi connectivity index (χ3v) is 8.85. The number of aromatic nitrogens is 1. The van der Waals surface area contributed by atoms with E-state index >= 15 is 0 Å². The Labute approximate surface area is 209 Å². The molecule has 0 atom stereocenters. The average Bonchev–Trinajstić information content (AvgIpc) is 3.20. The van der Waals surface area contributed by atoms with Gasteiger partial charge in [-0.2, -0.15) is 9.30 Å². The summed E-state index contributed by atoms with van der Waals surface area (Å²) in [7, 11) is -1.08. The van der Waals surface area contributed by atoms with Crippen molar-refractivity contribution in [3.8, 4) is 5.75 Å². The van der Waals surface area contributed by atoms with Crippen LogP contribution in [0.4, 0.5) is 8.78 Å². The summed E-state index contributed by atoms with van der Waals surface area (Å²) in [5.41, 5.74) is -0.0567. The summed E-state index contributed by atoms with van der Waals surface area (Å²) in [6.45, 7) is -0.173. The number of sulfonamides is 1. The SMILES string of the molecule is COC(=O)Cn1c(=NC(=O)C2CCN(S(=O)(=O)c3ccc(OC)cc3)CC2)sc2cc(F)cc(F)c21. The van der Waals surface area contributed by atoms with Crippen molar-refractivity contribution in [3.05, 3.63) is 52.8 Å². The van der Waals surface area contributed by atoms with Crippen LogP contribution in [0.1, 0.15) is 12.8 Å². The van der Waals surface area contributed by atoms with E-state index in [1.54, 1.807) is 12.1 Å². The van der Waals surface area contributed by atoms with Gasteiger partial charge in [0.05, 0.1) is 29.3 Å². The minimum Gasteiger partial charge on any atom is -0.497 e. The normalized spacial score (nSPS) is 15.8. The molecule has 4 rings (SSSR count). The van der Waals surface area contributed by atoms with Crippen LogP contribution in [-0.4, -0.2) is 56.5 Å². The number of piperidine rings is 1. The number of fused-ring (bicyclic) bond motifs is 1. The van der Waals surface area contributed by atoms with E-state index in [4.69, 9.17) is 4.74 Å². The number of halogens is 2. The van der Waals surface area contributed by atoms with Gasteiger partial charge in [-0.05, 0) is 43.2 Å². The van der Waals surface area contributed by atoms with Crippen molar-refractivity contribution in [2.24, 2.45) is 10.9 Å². The molecule has 0 N–H and O–H groups in total. The van der Waals surface area contributed by atoms with Gasteiger partial charge in [0, 0.05) is 25.1 Å². The number of hydrogen-bond acceptors (Lipinski definition) is 7. The molecule has 0 radical (unpaired) electrons. The summed E-state index contributed by atoms with van der Waals surface area (Å²) in [4.78, 5) is 29.1. The number of rotatable bonds is 6. The number of ether oxygens (including phenoxy) is 2. The summed E-state index contributed by atoms with van der Waals surface area (Å²) in [6.07, 6.45) is 0.477. The predicted molar refractivity (Wildman–Crippen MR) is 127 cm³/mol. The van der Waals surface area contributed by atoms with Crippen molar-refractivity contribution < 1.29 is 36.3 Å². The Morgan fingerprint density at radius 1 is 1.11 bits per heavy atom. The number of carbonyl (C=O) groups is 2. The summed E-state index contributed by atoms with van der Waals surface area (Å²) in [5, 5.41) is 0. The quantitative estimate of drug-likeness (QED) is 0.446. The highest BCUT2D eigenvalue weighted by Gasteiger charge is 2.32. The molecule has 9 nitrogen and oxygen atoms in total. The highest BCUT2D eigenvalue weighted by molar-refractivity contribution is 7.89. The van der Waals surface area contributed by atoms with Gasteiger partial charge >= 0.3 is 5.97 Å². The summed E-state index contributed by atoms with van der Waals surface area (Å²) >= 11 is 0.873. The van der Waals surface area contributed by atoms with Gasteiger partial charge in [0.15, 0.2) is 10.6 Å². The van der Waals surface area contributed by atoms with Crippen molar-refractivity contribution in [2.45, 2.75) is 24.3 Å². The first-order chi connectivity index (χ1) is 17.1. The van der Waals surface area contributed by atoms with Crippen LogP contribution in [0.25, 0.3) is 10.2 Å². The molecule has 2 heterocycles. The Kier molecular flexibility index (Phi) is 7.52. The molecule has 0 aliphatic carbocycles. The second-order valence-corrected chi connectivity index (χ2v) is 11.0. The molecular weight excluding hydrogens is 516 g/mol. The van der Waals surface area contributed by atoms with Crippen LogP contribution < -0.4 is 9.54 Å². The zero-order chi connectivity index (χ0) is 26.0. The van der Waals surface area contributed by atoms with Crippen molar-refractivity contribution in [1.82, 2.24) is 8.87 Å². The molecule has 3 aromatic rings. The van der Waals surface area contributed by atoms with Gasteiger partial charge in [-0.3, -0.25) is 9.59 Å². The lowest BCUT2D eigenvalue weighted by atomic mass is 9.98. The van der Waals surface area contributed by atoms with Crippen LogP contribution in [0.2, 0.25) is 0 Å². The fourth-order valence-electron chi connectivity index (χ4n) is 3.98. The molecule has 1 aliphatic heterocycles. The second-order valence-electron chi connectivity index (χ2n) is 8.09. The number of thiazole rings is 1. The van der Waals surface area contributed by atoms with Gasteiger partial charge < -0.3 is 14.0 Å². The lowest BCUT2D eigenvalue weighted by Gasteiger charge is -2.29. The highest BCUT2D eigenvalue weighted by atomic mass is 32.2. The van der Waals surface area contributed by atoms with Crippen molar-refractivity contribution in [3.63, 3.8) is 0 Å². The molecule has 0 unspecified atom stereocenters. The molecule has 192 valence electrons. The van der Waals surface area contributed by atoms with Gasteiger partial charge in [-0.1, -0.05) is 11.3 Å². The molecule has 13 heteroatoms. The van der Waals surface area contributed by atoms with Crippen LogP contribution in [0.5, 0.6) is 5.75 Å². The van der Waals surface area contributed by atoms with Gasteiger partial charge in [0.25, 0.3) is 5.91 Å². The molecule has 1 saturated heterocycles. The number of hydrogen-bond donors (Lipinski definition) is 0. The molecule has 1 amide bonds. The number of amides is 1. The molecule has 0 spiro atoms. The van der Waals surface area contributed by atoms with Gasteiger partial charge in [-0.25, -0.2) is 17.2 Å². The first kappa shape index (κ1) is 25.9. The Balaban J connectivity index is 1.56. The van der Waals surface area contributed by atoms with Gasteiger partial charge in [0.1, 0.15) is 18.1 Å². The first-order valence-corrected chi connectivity index (χ1v) is 13.2. The molecule has 1 aromatic heterocycles. The number of nitrogens with zero attached hydrogens (tertiary/aromatic N) is 3. The van der Waals surface area contributed by atoms with Gasteiger partial charge in [0.2, 0.25) is 10.0 Å². The minimum atomic E-state index is -3.74. The fraction of sp³-hybridized carbons (Fsp3) is 0.348. The summed E-state index contributed by atoms with van der Waals surface area (Å²) in [5.74, 6) is -2.93. The molecular formula is C23H23F2N3O6S2. The van der Waals surface area contributed by atoms with Crippen LogP contribution in [-0.2, 0) is 30.9 Å². The lowest BCUT2D eigenvalue weighted by Crippen LogP contribution is -2.40. The maximum Gasteiger partial charge on any atom is 0.325 e. The maximum atomic E-state index is 14.5. The Hall–Kier alpha value is -3.16. The molecule has 1 fully saturated rings. The Morgan fingerprint density at radius 3 is 2.39 bits per heavy atom. The van der Waals surface area contributed by atoms with Crippen molar-refractivity contribution in [1.29, 1.82) is 0 Å². The van der Waals surface area contributed by atoms with E-state index in [1.807, 2.05) is 0 Å². The third-order valence-electron chi connectivity index (χ3n) is 5.92. The monoisotopic (exact) mass is 539 g/mol.